The second-order valence-corrected chi connectivity index (χ2v) is 20.1. The predicted octanol–water partition coefficient (Wildman–Crippen LogP) is 6.12. The van der Waals surface area contributed by atoms with E-state index >= 15 is 0 Å². The van der Waals surface area contributed by atoms with Crippen LogP contribution in [-0.4, -0.2) is 96.6 Å². The van der Waals surface area contributed by atoms with Crippen molar-refractivity contribution in [3.05, 3.63) is 106 Å². The van der Waals surface area contributed by atoms with Crippen molar-refractivity contribution in [2.24, 2.45) is 0 Å². The molecule has 0 bridgehead atoms. The largest absolute Gasteiger partial charge is 0.496 e. The Kier molecular flexibility index (Phi) is 14.1. The Morgan fingerprint density at radius 3 is 2.45 bits per heavy atom. The van der Waals surface area contributed by atoms with E-state index in [4.69, 9.17) is 21.3 Å². The molecule has 2 saturated heterocycles. The number of hydrogen-bond acceptors (Lipinski definition) is 11. The van der Waals surface area contributed by atoms with Crippen molar-refractivity contribution in [3.8, 4) is 5.75 Å². The fourth-order valence-corrected chi connectivity index (χ4v) is 9.94. The zero-order chi connectivity index (χ0) is 44.0. The molecule has 0 saturated carbocycles. The summed E-state index contributed by atoms with van der Waals surface area (Å²) < 4.78 is 18.8. The highest BCUT2D eigenvalue weighted by Crippen LogP contribution is 2.37. The normalized spacial score (nSPS) is 16.9. The molecule has 4 aromatic rings. The fraction of sp³-hybridized carbons (Fsp3) is 0.413. The van der Waals surface area contributed by atoms with Crippen LogP contribution in [0.3, 0.4) is 0 Å². The van der Waals surface area contributed by atoms with E-state index in [0.717, 1.165) is 84.4 Å². The minimum atomic E-state index is -2.49. The molecule has 3 aliphatic heterocycles. The van der Waals surface area contributed by atoms with Gasteiger partial charge >= 0.3 is 0 Å². The van der Waals surface area contributed by atoms with Crippen LogP contribution in [0.5, 0.6) is 5.75 Å². The summed E-state index contributed by atoms with van der Waals surface area (Å²) in [6, 6.07) is 18.0. The molecule has 3 aliphatic rings. The fourth-order valence-electron chi connectivity index (χ4n) is 8.50. The number of rotatable bonds is 17. The summed E-state index contributed by atoms with van der Waals surface area (Å²) in [7, 11) is -0.831. The van der Waals surface area contributed by atoms with E-state index in [9.17, 15) is 28.5 Å². The highest BCUT2D eigenvalue weighted by Gasteiger charge is 2.45. The number of halogens is 1. The molecule has 1 aromatic heterocycles. The Balaban J connectivity index is 0.821. The third-order valence-corrected chi connectivity index (χ3v) is 13.7. The third-order valence-electron chi connectivity index (χ3n) is 11.8. The lowest BCUT2D eigenvalue weighted by Crippen LogP contribution is -2.54. The van der Waals surface area contributed by atoms with Crippen molar-refractivity contribution in [1.82, 2.24) is 25.5 Å². The molecular weight excluding hydrogens is 829 g/mol. The molecule has 0 aliphatic carbocycles. The Hall–Kier alpha value is -5.59. The van der Waals surface area contributed by atoms with Gasteiger partial charge in [0.1, 0.15) is 24.8 Å². The van der Waals surface area contributed by atoms with Gasteiger partial charge in [-0.1, -0.05) is 60.8 Å². The first-order chi connectivity index (χ1) is 29.8. The Labute approximate surface area is 366 Å². The molecule has 4 heterocycles. The summed E-state index contributed by atoms with van der Waals surface area (Å²) in [6.45, 7) is 5.71. The van der Waals surface area contributed by atoms with Gasteiger partial charge in [-0.25, -0.2) is 9.97 Å². The van der Waals surface area contributed by atoms with E-state index < -0.39 is 36.8 Å². The van der Waals surface area contributed by atoms with Crippen LogP contribution in [0.25, 0.3) is 0 Å². The number of carbonyl (C=O) groups excluding carboxylic acids is 5. The van der Waals surface area contributed by atoms with Gasteiger partial charge in [-0.15, -0.1) is 0 Å². The average Bonchev–Trinajstić information content (AvgIpc) is 3.50. The number of piperidine rings is 2. The lowest BCUT2D eigenvalue weighted by Gasteiger charge is -2.34. The molecule has 0 radical (unpaired) electrons. The molecule has 3 aromatic carbocycles. The van der Waals surface area contributed by atoms with E-state index in [-0.39, 0.29) is 35.9 Å². The summed E-state index contributed by atoms with van der Waals surface area (Å²) in [5, 5.41) is 10.0. The van der Waals surface area contributed by atoms with Crippen molar-refractivity contribution < 1.29 is 33.3 Å². The molecule has 14 nitrogen and oxygen atoms in total. The second kappa shape index (κ2) is 19.6. The first-order valence-electron chi connectivity index (χ1n) is 21.2. The van der Waals surface area contributed by atoms with Crippen LogP contribution < -0.4 is 30.9 Å². The number of nitrogens with zero attached hydrogens (tertiary/aromatic N) is 4. The van der Waals surface area contributed by atoms with Gasteiger partial charge in [-0.2, -0.15) is 0 Å². The molecular formula is C46H53ClN7O7P. The standard InChI is InChI=1S/C46H53ClN7O7P/c1-61-38-27-32(17-16-29(38)26-40-49-28-34(47)36(51-40)25-30-11-7-8-14-39(30)62(2,3)60)53-23-20-31(21-24-53)50-41(55)15-6-4-5-9-22-48-35-13-10-12-33-43(35)46(59)54(45(33)58)37-18-19-42(56)52-44(37)57/h7-8,10-14,16-17,27-28,31,37,48H,4-6,9,15,18-26H2,1-3H3,(H,50,55)(H,52,56,57). The maximum Gasteiger partial charge on any atom is 0.264 e. The number of imide groups is 2. The van der Waals surface area contributed by atoms with Crippen LogP contribution >= 0.6 is 18.7 Å². The topological polar surface area (TPSA) is 180 Å². The van der Waals surface area contributed by atoms with Gasteiger partial charge in [-0.05, 0) is 69.2 Å². The van der Waals surface area contributed by atoms with E-state index in [1.54, 1.807) is 44.8 Å². The van der Waals surface area contributed by atoms with Gasteiger partial charge in [-0.3, -0.25) is 34.2 Å². The molecule has 1 unspecified atom stereocenters. The van der Waals surface area contributed by atoms with Crippen molar-refractivity contribution in [2.45, 2.75) is 82.7 Å². The monoisotopic (exact) mass is 881 g/mol. The SMILES string of the molecule is COc1cc(N2CCC(NC(=O)CCCCCCNc3cccc4c3C(=O)N(C3CCC(=O)NC3=O)C4=O)CC2)ccc1Cc1ncc(Cl)c(Cc2ccccc2P(C)(C)=O)n1. The number of aromatic nitrogens is 2. The molecule has 16 heteroatoms. The third kappa shape index (κ3) is 10.4. The Bertz CT molecular complexity index is 2410. The summed E-state index contributed by atoms with van der Waals surface area (Å²) in [6.07, 6.45) is 8.17. The smallest absolute Gasteiger partial charge is 0.264 e. The quantitative estimate of drug-likeness (QED) is 0.0633. The zero-order valence-corrected chi connectivity index (χ0v) is 37.0. The lowest BCUT2D eigenvalue weighted by molar-refractivity contribution is -0.136. The van der Waals surface area contributed by atoms with Crippen LogP contribution in [0.2, 0.25) is 5.02 Å². The van der Waals surface area contributed by atoms with Gasteiger partial charge in [0, 0.05) is 85.9 Å². The first-order valence-corrected chi connectivity index (χ1v) is 24.2. The Morgan fingerprint density at radius 2 is 1.69 bits per heavy atom. The van der Waals surface area contributed by atoms with Crippen molar-refractivity contribution in [1.29, 1.82) is 0 Å². The van der Waals surface area contributed by atoms with Crippen LogP contribution in [0, 0.1) is 0 Å². The minimum Gasteiger partial charge on any atom is -0.496 e. The molecule has 5 amide bonds. The second-order valence-electron chi connectivity index (χ2n) is 16.5. The molecule has 7 rings (SSSR count). The average molecular weight is 882 g/mol. The van der Waals surface area contributed by atoms with Gasteiger partial charge in [0.2, 0.25) is 17.7 Å². The zero-order valence-electron chi connectivity index (χ0n) is 35.4. The van der Waals surface area contributed by atoms with Crippen LogP contribution in [0.15, 0.2) is 66.9 Å². The number of benzene rings is 3. The van der Waals surface area contributed by atoms with Crippen LogP contribution in [0.4, 0.5) is 11.4 Å². The van der Waals surface area contributed by atoms with E-state index in [2.05, 4.69) is 31.9 Å². The lowest BCUT2D eigenvalue weighted by atomic mass is 10.0. The molecule has 326 valence electrons. The van der Waals surface area contributed by atoms with Gasteiger partial charge < -0.3 is 24.8 Å². The molecule has 62 heavy (non-hydrogen) atoms. The van der Waals surface area contributed by atoms with Gasteiger partial charge in [0.15, 0.2) is 0 Å². The van der Waals surface area contributed by atoms with E-state index in [1.165, 1.54) is 0 Å². The Morgan fingerprint density at radius 1 is 0.919 bits per heavy atom. The highest BCUT2D eigenvalue weighted by atomic mass is 35.5. The number of carbonyl (C=O) groups is 5. The van der Waals surface area contributed by atoms with E-state index in [0.29, 0.717) is 48.0 Å². The number of nitrogens with one attached hydrogen (secondary N) is 3. The minimum absolute atomic E-state index is 0.0590. The first kappa shape index (κ1) is 44.5. The number of hydrogen-bond donors (Lipinski definition) is 3. The number of methoxy groups -OCH3 is 1. The van der Waals surface area contributed by atoms with Crippen molar-refractivity contribution >= 4 is 65.0 Å². The van der Waals surface area contributed by atoms with Crippen LogP contribution in [0.1, 0.15) is 101 Å². The number of fused-ring (bicyclic) bond motifs is 1. The highest BCUT2D eigenvalue weighted by molar-refractivity contribution is 7.70. The van der Waals surface area contributed by atoms with Crippen LogP contribution in [-0.2, 0) is 31.8 Å². The predicted molar refractivity (Wildman–Crippen MR) is 239 cm³/mol. The summed E-state index contributed by atoms with van der Waals surface area (Å²) in [5.74, 6) is -0.693. The number of anilines is 2. The summed E-state index contributed by atoms with van der Waals surface area (Å²) >= 11 is 6.54. The maximum absolute atomic E-state index is 13.3. The van der Waals surface area contributed by atoms with Gasteiger partial charge in [0.25, 0.3) is 11.8 Å². The molecule has 3 N–H and O–H groups in total. The van der Waals surface area contributed by atoms with Crippen molar-refractivity contribution in [2.75, 3.05) is 50.3 Å². The number of amides is 5. The maximum atomic E-state index is 13.3. The molecule has 0 spiro atoms. The number of unbranched alkanes of at least 4 members (excludes halogenated alkanes) is 3. The van der Waals surface area contributed by atoms with E-state index in [1.807, 2.05) is 36.4 Å². The van der Waals surface area contributed by atoms with Crippen molar-refractivity contribution in [3.63, 3.8) is 0 Å². The molecule has 2 fully saturated rings. The summed E-state index contributed by atoms with van der Waals surface area (Å²) in [5.41, 5.74) is 4.66. The molecule has 1 atom stereocenters. The summed E-state index contributed by atoms with van der Waals surface area (Å²) in [4.78, 5) is 75.9. The number of ether oxygens (including phenoxy) is 1. The van der Waals surface area contributed by atoms with Gasteiger partial charge in [0.05, 0.1) is 29.0 Å².